The summed E-state index contributed by atoms with van der Waals surface area (Å²) in [6.45, 7) is 0.472. The first kappa shape index (κ1) is 39.9. The van der Waals surface area contributed by atoms with Crippen molar-refractivity contribution in [3.63, 3.8) is 0 Å². The van der Waals surface area contributed by atoms with Crippen molar-refractivity contribution in [3.8, 4) is 0 Å². The summed E-state index contributed by atoms with van der Waals surface area (Å²) in [6.07, 6.45) is -2.33. The number of aliphatic hydroxyl groups is 1. The summed E-state index contributed by atoms with van der Waals surface area (Å²) < 4.78 is 0. The van der Waals surface area contributed by atoms with Gasteiger partial charge in [0.15, 0.2) is 0 Å². The molecule has 0 rings (SSSR count). The average Bonchev–Trinajstić information content (AvgIpc) is 1.65. The van der Waals surface area contributed by atoms with E-state index >= 15 is 0 Å². The number of rotatable bonds is 1. The zero-order valence-electron chi connectivity index (χ0n) is 5.66. The van der Waals surface area contributed by atoms with Crippen LogP contribution in [0.1, 0.15) is 0 Å². The van der Waals surface area contributed by atoms with E-state index in [0.29, 0.717) is 6.54 Å². The Kier molecular flexibility index (Phi) is 144. The van der Waals surface area contributed by atoms with Crippen LogP contribution in [0.15, 0.2) is 0 Å². The molecule has 0 spiro atoms. The summed E-state index contributed by atoms with van der Waals surface area (Å²) in [6, 6.07) is 0. The number of carboxylic acid groups (broad SMARTS) is 2. The third-order valence-electron chi connectivity index (χ3n) is 0.129. The fourth-order valence-corrected chi connectivity index (χ4v) is 0. The number of hydrogen-bond donors (Lipinski definition) is 2. The minimum Gasteiger partial charge on any atom is -0.870 e. The fraction of sp³-hybridized carbons (Fsp3) is 0.667. The maximum atomic E-state index is 8.33. The van der Waals surface area contributed by atoms with Crippen molar-refractivity contribution in [2.45, 2.75) is 0 Å². The first-order valence-electron chi connectivity index (χ1n) is 1.84. The van der Waals surface area contributed by atoms with E-state index in [2.05, 4.69) is 0 Å². The third kappa shape index (κ3) is 644. The van der Waals surface area contributed by atoms with E-state index in [1.165, 1.54) is 0 Å². The standard InChI is InChI=1S/C2H7NO.CH2O3.2Cu.2H2O/c3-1-2-4;2-1(3)4;;;;/h4H,1-3H2;(H2,2,3,4);;;2*1H2/q;;2*+2;;/p-4. The van der Waals surface area contributed by atoms with Crippen molar-refractivity contribution in [2.75, 3.05) is 13.2 Å². The minimum absolute atomic E-state index is 0. The van der Waals surface area contributed by atoms with Gasteiger partial charge in [0.25, 0.3) is 0 Å². The zero-order chi connectivity index (χ0) is 6.99. The van der Waals surface area contributed by atoms with E-state index in [1.807, 2.05) is 0 Å². The van der Waals surface area contributed by atoms with Crippen LogP contribution in [-0.4, -0.2) is 35.4 Å². The van der Waals surface area contributed by atoms with Gasteiger partial charge in [-0.1, -0.05) is 0 Å². The first-order chi connectivity index (χ1) is 3.65. The van der Waals surface area contributed by atoms with Gasteiger partial charge in [0, 0.05) is 6.54 Å². The van der Waals surface area contributed by atoms with E-state index in [9.17, 15) is 0 Å². The Morgan fingerprint density at radius 3 is 1.33 bits per heavy atom. The zero-order valence-corrected chi connectivity index (χ0v) is 7.54. The molecule has 0 aromatic carbocycles. The predicted octanol–water partition coefficient (Wildman–Crippen LogP) is -3.87. The number of nitrogens with two attached hydrogens (primary N) is 1. The second kappa shape index (κ2) is 43.3. The second-order valence-electron chi connectivity index (χ2n) is 0.762. The van der Waals surface area contributed by atoms with Gasteiger partial charge in [0.2, 0.25) is 0 Å². The predicted molar refractivity (Wildman–Crippen MR) is 25.4 cm³/mol. The summed E-state index contributed by atoms with van der Waals surface area (Å²) in [7, 11) is 0. The molecule has 0 saturated heterocycles. The Bertz CT molecular complexity index is 58.8. The summed E-state index contributed by atoms with van der Waals surface area (Å²) in [5.74, 6) is 0. The maximum absolute atomic E-state index is 8.33. The molecule has 0 atom stereocenters. The molecule has 0 aromatic heterocycles. The molecule has 0 heterocycles. The molecule has 12 heavy (non-hydrogen) atoms. The topological polar surface area (TPSA) is 169 Å². The van der Waals surface area contributed by atoms with Gasteiger partial charge in [-0.2, -0.15) is 0 Å². The molecule has 7 nitrogen and oxygen atoms in total. The largest absolute Gasteiger partial charge is 2.00 e. The molecule has 5 N–H and O–H groups in total. The van der Waals surface area contributed by atoms with Crippen molar-refractivity contribution in [2.24, 2.45) is 5.73 Å². The van der Waals surface area contributed by atoms with Gasteiger partial charge in [0.1, 0.15) is 0 Å². The summed E-state index contributed by atoms with van der Waals surface area (Å²) in [5, 5.41) is 24.4. The van der Waals surface area contributed by atoms with Gasteiger partial charge in [0.05, 0.1) is 6.61 Å². The third-order valence-corrected chi connectivity index (χ3v) is 0.129. The molecule has 0 saturated carbocycles. The van der Waals surface area contributed by atoms with E-state index in [-0.39, 0.29) is 51.7 Å². The molecular weight excluding hydrogens is 273 g/mol. The van der Waals surface area contributed by atoms with Gasteiger partial charge in [-0.3, -0.25) is 0 Å². The fourth-order valence-electron chi connectivity index (χ4n) is 0. The Morgan fingerprint density at radius 1 is 1.25 bits per heavy atom. The van der Waals surface area contributed by atoms with E-state index in [4.69, 9.17) is 25.8 Å². The molecule has 2 radical (unpaired) electrons. The molecule has 84 valence electrons. The Labute approximate surface area is 90.5 Å². The van der Waals surface area contributed by atoms with Crippen LogP contribution in [0.3, 0.4) is 0 Å². The number of hydrogen-bond acceptors (Lipinski definition) is 7. The van der Waals surface area contributed by atoms with Gasteiger partial charge < -0.3 is 36.8 Å². The van der Waals surface area contributed by atoms with Crippen LogP contribution in [0.4, 0.5) is 4.79 Å². The van der Waals surface area contributed by atoms with Crippen molar-refractivity contribution in [3.05, 3.63) is 0 Å². The van der Waals surface area contributed by atoms with E-state index < -0.39 is 6.16 Å². The molecule has 0 aromatic rings. The van der Waals surface area contributed by atoms with Crippen LogP contribution < -0.4 is 15.9 Å². The molecule has 0 amide bonds. The quantitative estimate of drug-likeness (QED) is 0.463. The minimum atomic E-state index is -2.33. The molecule has 0 fully saturated rings. The number of carbonyl (C=O) groups is 1. The number of aliphatic hydroxyl groups excluding tert-OH is 1. The molecule has 9 heteroatoms. The van der Waals surface area contributed by atoms with Crippen LogP contribution in [0.5, 0.6) is 0 Å². The summed E-state index contributed by atoms with van der Waals surface area (Å²) >= 11 is 0. The monoisotopic (exact) mass is 281 g/mol. The molecule has 0 aliphatic carbocycles. The van der Waals surface area contributed by atoms with E-state index in [0.717, 1.165) is 0 Å². The maximum Gasteiger partial charge on any atom is 2.00 e. The normalized spacial score (nSPS) is 4.50. The van der Waals surface area contributed by atoms with Gasteiger partial charge in [-0.25, -0.2) is 0 Å². The molecule has 0 aliphatic rings. The van der Waals surface area contributed by atoms with Crippen LogP contribution in [0, 0.1) is 0 Å². The smallest absolute Gasteiger partial charge is 0.870 e. The van der Waals surface area contributed by atoms with Gasteiger partial charge in [-0.05, 0) is 6.16 Å². The number of carbonyl (C=O) groups excluding carboxylic acids is 1. The van der Waals surface area contributed by atoms with Crippen molar-refractivity contribution < 1.29 is 65.2 Å². The van der Waals surface area contributed by atoms with Crippen molar-refractivity contribution in [1.82, 2.24) is 0 Å². The van der Waals surface area contributed by atoms with Crippen LogP contribution >= 0.6 is 0 Å². The Morgan fingerprint density at radius 2 is 1.33 bits per heavy atom. The molecule has 0 unspecified atom stereocenters. The van der Waals surface area contributed by atoms with Gasteiger partial charge in [-0.15, -0.1) is 0 Å². The summed E-state index contributed by atoms with van der Waals surface area (Å²) in [4.78, 5) is 8.33. The first-order valence-corrected chi connectivity index (χ1v) is 1.84. The SMILES string of the molecule is NCCO.O=C([O-])[O-].[Cu+2].[Cu+2].[OH-].[OH-]. The van der Waals surface area contributed by atoms with Crippen LogP contribution in [-0.2, 0) is 34.1 Å². The van der Waals surface area contributed by atoms with Gasteiger partial charge >= 0.3 is 34.1 Å². The van der Waals surface area contributed by atoms with Crippen LogP contribution in [0.2, 0.25) is 0 Å². The molecule has 0 bridgehead atoms. The second-order valence-corrected chi connectivity index (χ2v) is 0.762. The molecule has 0 aliphatic heterocycles. The summed E-state index contributed by atoms with van der Waals surface area (Å²) in [5.41, 5.74) is 4.78. The van der Waals surface area contributed by atoms with Crippen LogP contribution in [0.25, 0.3) is 0 Å². The Balaban J connectivity index is -0.0000000112. The van der Waals surface area contributed by atoms with Crippen molar-refractivity contribution in [1.29, 1.82) is 0 Å². The van der Waals surface area contributed by atoms with E-state index in [1.54, 1.807) is 0 Å². The average molecular weight is 282 g/mol. The van der Waals surface area contributed by atoms with Crippen molar-refractivity contribution >= 4 is 6.16 Å². The Hall–Kier alpha value is 0.149. The molecular formula is C3H9Cu2NO6.